The third kappa shape index (κ3) is 3.39. The molecular formula is C16H14FN5O. The molecule has 0 spiro atoms. The van der Waals surface area contributed by atoms with Crippen molar-refractivity contribution < 1.29 is 9.18 Å². The fraction of sp³-hybridized carbons (Fsp3) is 0.125. The van der Waals surface area contributed by atoms with Crippen LogP contribution in [0, 0.1) is 12.7 Å². The van der Waals surface area contributed by atoms with E-state index in [9.17, 15) is 9.18 Å². The number of rotatable bonds is 4. The Bertz CT molecular complexity index is 846. The Morgan fingerprint density at radius 1 is 1.17 bits per heavy atom. The molecule has 3 aromatic rings. The van der Waals surface area contributed by atoms with Gasteiger partial charge in [-0.05, 0) is 29.8 Å². The SMILES string of the molecule is Cc1ccccc1-c1nnn(CC(=O)Nc2ccccc2F)n1. The van der Waals surface area contributed by atoms with Crippen molar-refractivity contribution in [2.24, 2.45) is 0 Å². The lowest BCUT2D eigenvalue weighted by Crippen LogP contribution is -2.21. The summed E-state index contributed by atoms with van der Waals surface area (Å²) in [6.45, 7) is 1.80. The van der Waals surface area contributed by atoms with E-state index >= 15 is 0 Å². The van der Waals surface area contributed by atoms with E-state index in [4.69, 9.17) is 0 Å². The van der Waals surface area contributed by atoms with Gasteiger partial charge in [-0.3, -0.25) is 4.79 Å². The van der Waals surface area contributed by atoms with Gasteiger partial charge in [0.05, 0.1) is 5.69 Å². The number of tetrazole rings is 1. The number of amides is 1. The van der Waals surface area contributed by atoms with E-state index in [1.807, 2.05) is 31.2 Å². The third-order valence-electron chi connectivity index (χ3n) is 3.27. The first-order valence-electron chi connectivity index (χ1n) is 7.01. The average Bonchev–Trinajstić information content (AvgIpc) is 2.98. The highest BCUT2D eigenvalue weighted by Gasteiger charge is 2.12. The third-order valence-corrected chi connectivity index (χ3v) is 3.27. The molecule has 2 aromatic carbocycles. The molecule has 0 aliphatic rings. The van der Waals surface area contributed by atoms with Gasteiger partial charge in [0, 0.05) is 5.56 Å². The number of nitrogens with zero attached hydrogens (tertiary/aromatic N) is 4. The van der Waals surface area contributed by atoms with Crippen molar-refractivity contribution in [1.82, 2.24) is 20.2 Å². The first kappa shape index (κ1) is 14.8. The number of hydrogen-bond donors (Lipinski definition) is 1. The van der Waals surface area contributed by atoms with E-state index in [0.29, 0.717) is 5.82 Å². The number of anilines is 1. The number of carbonyl (C=O) groups excluding carboxylic acids is 1. The summed E-state index contributed by atoms with van der Waals surface area (Å²) in [5.74, 6) is -0.473. The molecule has 116 valence electrons. The van der Waals surface area contributed by atoms with Gasteiger partial charge < -0.3 is 5.32 Å². The van der Waals surface area contributed by atoms with Crippen LogP contribution >= 0.6 is 0 Å². The van der Waals surface area contributed by atoms with Gasteiger partial charge in [0.1, 0.15) is 12.4 Å². The lowest BCUT2D eigenvalue weighted by atomic mass is 10.1. The summed E-state index contributed by atoms with van der Waals surface area (Å²) in [5, 5.41) is 14.5. The molecule has 0 fully saturated rings. The molecule has 0 radical (unpaired) electrons. The van der Waals surface area contributed by atoms with Crippen LogP contribution in [0.25, 0.3) is 11.4 Å². The molecule has 0 aliphatic heterocycles. The van der Waals surface area contributed by atoms with Gasteiger partial charge in [-0.1, -0.05) is 36.4 Å². The number of halogens is 1. The summed E-state index contributed by atoms with van der Waals surface area (Å²) in [5.41, 5.74) is 1.99. The minimum atomic E-state index is -0.493. The molecule has 0 unspecified atom stereocenters. The predicted molar refractivity (Wildman–Crippen MR) is 83.0 cm³/mol. The summed E-state index contributed by atoms with van der Waals surface area (Å²) < 4.78 is 13.5. The zero-order chi connectivity index (χ0) is 16.2. The van der Waals surface area contributed by atoms with Crippen LogP contribution in [-0.4, -0.2) is 26.1 Å². The molecule has 0 aliphatic carbocycles. The second-order valence-corrected chi connectivity index (χ2v) is 4.99. The Balaban J connectivity index is 1.71. The van der Waals surface area contributed by atoms with Crippen molar-refractivity contribution in [1.29, 1.82) is 0 Å². The maximum Gasteiger partial charge on any atom is 0.248 e. The van der Waals surface area contributed by atoms with Gasteiger partial charge in [-0.15, -0.1) is 10.2 Å². The molecule has 1 aromatic heterocycles. The van der Waals surface area contributed by atoms with E-state index in [-0.39, 0.29) is 12.2 Å². The summed E-state index contributed by atoms with van der Waals surface area (Å²) in [6.07, 6.45) is 0. The number of hydrogen-bond acceptors (Lipinski definition) is 4. The number of benzene rings is 2. The minimum absolute atomic E-state index is 0.122. The molecule has 0 bridgehead atoms. The van der Waals surface area contributed by atoms with Crippen LogP contribution in [0.3, 0.4) is 0 Å². The quantitative estimate of drug-likeness (QED) is 0.803. The van der Waals surface area contributed by atoms with E-state index in [1.54, 1.807) is 12.1 Å². The number of aromatic nitrogens is 4. The van der Waals surface area contributed by atoms with E-state index in [2.05, 4.69) is 20.7 Å². The number of para-hydroxylation sites is 1. The van der Waals surface area contributed by atoms with Gasteiger partial charge in [-0.25, -0.2) is 4.39 Å². The van der Waals surface area contributed by atoms with Crippen LogP contribution in [0.1, 0.15) is 5.56 Å². The van der Waals surface area contributed by atoms with Crippen LogP contribution in [0.4, 0.5) is 10.1 Å². The molecule has 6 nitrogen and oxygen atoms in total. The molecule has 0 atom stereocenters. The number of carbonyl (C=O) groups is 1. The normalized spacial score (nSPS) is 10.5. The molecule has 0 saturated heterocycles. The van der Waals surface area contributed by atoms with Gasteiger partial charge in [0.2, 0.25) is 11.7 Å². The smallest absolute Gasteiger partial charge is 0.248 e. The molecule has 1 heterocycles. The molecule has 0 saturated carbocycles. The lowest BCUT2D eigenvalue weighted by molar-refractivity contribution is -0.117. The van der Waals surface area contributed by atoms with Crippen molar-refractivity contribution in [2.75, 3.05) is 5.32 Å². The molecule has 7 heteroatoms. The molecule has 3 rings (SSSR count). The second kappa shape index (κ2) is 6.35. The van der Waals surface area contributed by atoms with Crippen LogP contribution in [-0.2, 0) is 11.3 Å². The fourth-order valence-electron chi connectivity index (χ4n) is 2.12. The maximum atomic E-state index is 13.5. The Morgan fingerprint density at radius 3 is 2.70 bits per heavy atom. The molecular weight excluding hydrogens is 297 g/mol. The summed E-state index contributed by atoms with van der Waals surface area (Å²) in [6, 6.07) is 13.6. The second-order valence-electron chi connectivity index (χ2n) is 4.99. The Hall–Kier alpha value is -3.09. The van der Waals surface area contributed by atoms with E-state index < -0.39 is 11.7 Å². The fourth-order valence-corrected chi connectivity index (χ4v) is 2.12. The minimum Gasteiger partial charge on any atom is -0.322 e. The lowest BCUT2D eigenvalue weighted by Gasteiger charge is -2.05. The molecule has 1 N–H and O–H groups in total. The van der Waals surface area contributed by atoms with Crippen LogP contribution < -0.4 is 5.32 Å². The Kier molecular flexibility index (Phi) is 4.09. The van der Waals surface area contributed by atoms with Crippen molar-refractivity contribution >= 4 is 11.6 Å². The van der Waals surface area contributed by atoms with Crippen molar-refractivity contribution in [2.45, 2.75) is 13.5 Å². The standard InChI is InChI=1S/C16H14FN5O/c1-11-6-2-3-7-12(11)16-19-21-22(20-16)10-15(23)18-14-9-5-4-8-13(14)17/h2-9H,10H2,1H3,(H,18,23). The predicted octanol–water partition coefficient (Wildman–Crippen LogP) is 2.43. The highest BCUT2D eigenvalue weighted by atomic mass is 19.1. The van der Waals surface area contributed by atoms with Gasteiger partial charge in [-0.2, -0.15) is 4.80 Å². The summed E-state index contributed by atoms with van der Waals surface area (Å²) >= 11 is 0. The van der Waals surface area contributed by atoms with E-state index in [0.717, 1.165) is 11.1 Å². The van der Waals surface area contributed by atoms with Crippen LogP contribution in [0.5, 0.6) is 0 Å². The molecule has 23 heavy (non-hydrogen) atoms. The van der Waals surface area contributed by atoms with Crippen molar-refractivity contribution in [3.63, 3.8) is 0 Å². The zero-order valence-electron chi connectivity index (χ0n) is 12.4. The zero-order valence-corrected chi connectivity index (χ0v) is 12.4. The highest BCUT2D eigenvalue weighted by molar-refractivity contribution is 5.90. The van der Waals surface area contributed by atoms with Crippen molar-refractivity contribution in [3.05, 3.63) is 59.9 Å². The maximum absolute atomic E-state index is 13.5. The van der Waals surface area contributed by atoms with Crippen molar-refractivity contribution in [3.8, 4) is 11.4 Å². The summed E-state index contributed by atoms with van der Waals surface area (Å²) in [4.78, 5) is 13.1. The first-order chi connectivity index (χ1) is 11.1. The van der Waals surface area contributed by atoms with Gasteiger partial charge >= 0.3 is 0 Å². The Morgan fingerprint density at radius 2 is 1.91 bits per heavy atom. The number of aryl methyl sites for hydroxylation is 1. The van der Waals surface area contributed by atoms with Crippen LogP contribution in [0.15, 0.2) is 48.5 Å². The monoisotopic (exact) mass is 311 g/mol. The number of nitrogens with one attached hydrogen (secondary N) is 1. The molecule has 1 amide bonds. The van der Waals surface area contributed by atoms with E-state index in [1.165, 1.54) is 16.9 Å². The summed E-state index contributed by atoms with van der Waals surface area (Å²) in [7, 11) is 0. The first-order valence-corrected chi connectivity index (χ1v) is 7.01. The van der Waals surface area contributed by atoms with Crippen LogP contribution in [0.2, 0.25) is 0 Å². The topological polar surface area (TPSA) is 72.7 Å². The average molecular weight is 311 g/mol. The highest BCUT2D eigenvalue weighted by Crippen LogP contribution is 2.18. The largest absolute Gasteiger partial charge is 0.322 e. The van der Waals surface area contributed by atoms with Gasteiger partial charge in [0.15, 0.2) is 0 Å². The van der Waals surface area contributed by atoms with Gasteiger partial charge in [0.25, 0.3) is 0 Å². The Labute approximate surface area is 132 Å².